The number of urea groups is 1. The van der Waals surface area contributed by atoms with Crippen molar-refractivity contribution in [2.75, 3.05) is 16.8 Å². The number of hydrogen-bond donors (Lipinski definition) is 2. The molecule has 1 heterocycles. The summed E-state index contributed by atoms with van der Waals surface area (Å²) in [5.74, 6) is -0.869. The first-order chi connectivity index (χ1) is 9.97. The predicted octanol–water partition coefficient (Wildman–Crippen LogP) is 1.25. The van der Waals surface area contributed by atoms with Crippen LogP contribution in [0.5, 0.6) is 0 Å². The Labute approximate surface area is 121 Å². The minimum Gasteiger partial charge on any atom is -0.480 e. The smallest absolute Gasteiger partial charge is 0.329 e. The molecule has 1 aromatic heterocycles. The van der Waals surface area contributed by atoms with Crippen LogP contribution in [0.1, 0.15) is 5.56 Å². The second-order valence-corrected chi connectivity index (χ2v) is 4.45. The maximum Gasteiger partial charge on any atom is 0.329 e. The zero-order chi connectivity index (χ0) is 15.4. The van der Waals surface area contributed by atoms with Crippen molar-refractivity contribution in [1.82, 2.24) is 14.8 Å². The number of carboxylic acids is 1. The minimum absolute atomic E-state index is 0.238. The van der Waals surface area contributed by atoms with Gasteiger partial charge >= 0.3 is 12.0 Å². The molecule has 8 nitrogen and oxygen atoms in total. The SMILES string of the molecule is Cc1ccc(N(CC(=O)O)C(=O)Nc2ncnn2C)cc1. The Balaban J connectivity index is 2.23. The van der Waals surface area contributed by atoms with Crippen LogP contribution in [0.25, 0.3) is 0 Å². The maximum atomic E-state index is 12.3. The first kappa shape index (κ1) is 14.5. The molecule has 0 saturated carbocycles. The fraction of sp³-hybridized carbons (Fsp3) is 0.231. The van der Waals surface area contributed by atoms with Gasteiger partial charge in [0.1, 0.15) is 12.9 Å². The lowest BCUT2D eigenvalue weighted by molar-refractivity contribution is -0.135. The molecule has 0 unspecified atom stereocenters. The quantitative estimate of drug-likeness (QED) is 0.882. The molecule has 0 saturated heterocycles. The summed E-state index contributed by atoms with van der Waals surface area (Å²) >= 11 is 0. The standard InChI is InChI=1S/C13H15N5O3/c1-9-3-5-10(6-4-9)18(7-11(19)20)13(21)16-12-14-8-15-17(12)2/h3-6,8H,7H2,1-2H3,(H,19,20)(H,14,15,16,21). The summed E-state index contributed by atoms with van der Waals surface area (Å²) in [7, 11) is 1.62. The van der Waals surface area contributed by atoms with E-state index in [9.17, 15) is 9.59 Å². The number of nitrogens with zero attached hydrogens (tertiary/aromatic N) is 4. The van der Waals surface area contributed by atoms with E-state index in [1.165, 1.54) is 11.0 Å². The molecule has 0 bridgehead atoms. The fourth-order valence-corrected chi connectivity index (χ4v) is 1.71. The van der Waals surface area contributed by atoms with Crippen LogP contribution in [0, 0.1) is 6.92 Å². The van der Waals surface area contributed by atoms with Gasteiger partial charge in [-0.25, -0.2) is 9.48 Å². The number of amides is 2. The van der Waals surface area contributed by atoms with E-state index in [1.807, 2.05) is 6.92 Å². The monoisotopic (exact) mass is 289 g/mol. The molecule has 0 radical (unpaired) electrons. The molecule has 2 amide bonds. The first-order valence-corrected chi connectivity index (χ1v) is 6.18. The Kier molecular flexibility index (Phi) is 4.17. The number of carbonyl (C=O) groups excluding carboxylic acids is 1. The lowest BCUT2D eigenvalue weighted by Crippen LogP contribution is -2.39. The van der Waals surface area contributed by atoms with Crippen molar-refractivity contribution in [3.8, 4) is 0 Å². The van der Waals surface area contributed by atoms with Crippen molar-refractivity contribution in [3.05, 3.63) is 36.2 Å². The third-order valence-electron chi connectivity index (χ3n) is 2.81. The van der Waals surface area contributed by atoms with Gasteiger partial charge in [-0.1, -0.05) is 17.7 Å². The molecule has 110 valence electrons. The third kappa shape index (κ3) is 3.56. The fourth-order valence-electron chi connectivity index (χ4n) is 1.71. The molecule has 2 rings (SSSR count). The summed E-state index contributed by atoms with van der Waals surface area (Å²) in [4.78, 5) is 28.2. The maximum absolute atomic E-state index is 12.3. The van der Waals surface area contributed by atoms with Crippen LogP contribution in [0.15, 0.2) is 30.6 Å². The van der Waals surface area contributed by atoms with Crippen LogP contribution in [0.2, 0.25) is 0 Å². The zero-order valence-electron chi connectivity index (χ0n) is 11.6. The summed E-state index contributed by atoms with van der Waals surface area (Å²) in [6.07, 6.45) is 1.29. The average molecular weight is 289 g/mol. The number of nitrogens with one attached hydrogen (secondary N) is 1. The van der Waals surface area contributed by atoms with E-state index in [0.717, 1.165) is 10.5 Å². The van der Waals surface area contributed by atoms with Gasteiger partial charge in [0.2, 0.25) is 5.95 Å². The normalized spacial score (nSPS) is 10.2. The number of rotatable bonds is 4. The Hall–Kier alpha value is -2.90. The summed E-state index contributed by atoms with van der Waals surface area (Å²) in [6.45, 7) is 1.46. The number of benzene rings is 1. The van der Waals surface area contributed by atoms with Crippen LogP contribution in [-0.2, 0) is 11.8 Å². The van der Waals surface area contributed by atoms with Gasteiger partial charge in [-0.2, -0.15) is 10.1 Å². The highest BCUT2D eigenvalue weighted by Crippen LogP contribution is 2.16. The Bertz CT molecular complexity index is 650. The number of aryl methyl sites for hydroxylation is 2. The number of aliphatic carboxylic acids is 1. The topological polar surface area (TPSA) is 100 Å². The first-order valence-electron chi connectivity index (χ1n) is 6.18. The van der Waals surface area contributed by atoms with Gasteiger partial charge in [0.15, 0.2) is 0 Å². The van der Waals surface area contributed by atoms with Crippen molar-refractivity contribution in [2.24, 2.45) is 7.05 Å². The van der Waals surface area contributed by atoms with Gasteiger partial charge in [-0.3, -0.25) is 15.0 Å². The van der Waals surface area contributed by atoms with Crippen molar-refractivity contribution < 1.29 is 14.7 Å². The second kappa shape index (κ2) is 6.04. The number of anilines is 2. The minimum atomic E-state index is -1.11. The number of carboxylic acid groups (broad SMARTS) is 1. The molecule has 0 spiro atoms. The summed E-state index contributed by atoms with van der Waals surface area (Å²) in [6, 6.07) is 6.40. The lowest BCUT2D eigenvalue weighted by atomic mass is 10.2. The Morgan fingerprint density at radius 3 is 2.52 bits per heavy atom. The van der Waals surface area contributed by atoms with Crippen LogP contribution in [0.4, 0.5) is 16.4 Å². The third-order valence-corrected chi connectivity index (χ3v) is 2.81. The van der Waals surface area contributed by atoms with E-state index < -0.39 is 18.5 Å². The van der Waals surface area contributed by atoms with Crippen molar-refractivity contribution >= 4 is 23.6 Å². The van der Waals surface area contributed by atoms with Crippen LogP contribution >= 0.6 is 0 Å². The summed E-state index contributed by atoms with van der Waals surface area (Å²) in [5.41, 5.74) is 1.51. The van der Waals surface area contributed by atoms with Gasteiger partial charge in [-0.15, -0.1) is 0 Å². The summed E-state index contributed by atoms with van der Waals surface area (Å²) < 4.78 is 1.38. The Morgan fingerprint density at radius 1 is 1.33 bits per heavy atom. The molecular weight excluding hydrogens is 274 g/mol. The van der Waals surface area contributed by atoms with E-state index in [4.69, 9.17) is 5.11 Å². The molecule has 1 aromatic carbocycles. The van der Waals surface area contributed by atoms with Crippen LogP contribution in [-0.4, -0.2) is 38.4 Å². The highest BCUT2D eigenvalue weighted by atomic mass is 16.4. The molecule has 21 heavy (non-hydrogen) atoms. The van der Waals surface area contributed by atoms with Gasteiger partial charge < -0.3 is 5.11 Å². The molecule has 0 aliphatic rings. The van der Waals surface area contributed by atoms with Crippen molar-refractivity contribution in [3.63, 3.8) is 0 Å². The predicted molar refractivity (Wildman–Crippen MR) is 76.2 cm³/mol. The Morgan fingerprint density at radius 2 is 2.00 bits per heavy atom. The van der Waals surface area contributed by atoms with Gasteiger partial charge in [0.05, 0.1) is 0 Å². The molecule has 2 N–H and O–H groups in total. The van der Waals surface area contributed by atoms with Gasteiger partial charge in [0, 0.05) is 12.7 Å². The average Bonchev–Trinajstić information content (AvgIpc) is 2.82. The van der Waals surface area contributed by atoms with Crippen molar-refractivity contribution in [2.45, 2.75) is 6.92 Å². The number of aromatic nitrogens is 3. The largest absolute Gasteiger partial charge is 0.480 e. The summed E-state index contributed by atoms with van der Waals surface area (Å²) in [5, 5.41) is 15.3. The van der Waals surface area contributed by atoms with Crippen LogP contribution < -0.4 is 10.2 Å². The van der Waals surface area contributed by atoms with Gasteiger partial charge in [0.25, 0.3) is 0 Å². The second-order valence-electron chi connectivity index (χ2n) is 4.45. The van der Waals surface area contributed by atoms with E-state index >= 15 is 0 Å². The van der Waals surface area contributed by atoms with E-state index in [1.54, 1.807) is 31.3 Å². The van der Waals surface area contributed by atoms with Gasteiger partial charge in [-0.05, 0) is 19.1 Å². The number of hydrogen-bond acceptors (Lipinski definition) is 4. The molecule has 0 atom stereocenters. The van der Waals surface area contributed by atoms with Crippen LogP contribution in [0.3, 0.4) is 0 Å². The highest BCUT2D eigenvalue weighted by molar-refractivity contribution is 6.03. The molecule has 8 heteroatoms. The zero-order valence-corrected chi connectivity index (χ0v) is 11.6. The lowest BCUT2D eigenvalue weighted by Gasteiger charge is -2.21. The van der Waals surface area contributed by atoms with E-state index in [-0.39, 0.29) is 5.95 Å². The molecule has 0 aliphatic carbocycles. The molecule has 2 aromatic rings. The molecule has 0 fully saturated rings. The number of carbonyl (C=O) groups is 2. The highest BCUT2D eigenvalue weighted by Gasteiger charge is 2.20. The van der Waals surface area contributed by atoms with Crippen molar-refractivity contribution in [1.29, 1.82) is 0 Å². The van der Waals surface area contributed by atoms with E-state index in [0.29, 0.717) is 5.69 Å². The molecular formula is C13H15N5O3. The molecule has 0 aliphatic heterocycles. The van der Waals surface area contributed by atoms with E-state index in [2.05, 4.69) is 15.4 Å².